The fourth-order valence-corrected chi connectivity index (χ4v) is 3.04. The van der Waals surface area contributed by atoms with Crippen molar-refractivity contribution < 1.29 is 4.39 Å². The molecular weight excluding hydrogens is 418 g/mol. The van der Waals surface area contributed by atoms with Gasteiger partial charge in [-0.1, -0.05) is 46.9 Å². The Morgan fingerprint density at radius 2 is 1.81 bits per heavy atom. The summed E-state index contributed by atoms with van der Waals surface area (Å²) in [5.74, 6) is -0.379. The van der Waals surface area contributed by atoms with Gasteiger partial charge in [0.05, 0.1) is 34.2 Å². The first-order valence-electron chi connectivity index (χ1n) is 7.41. The predicted molar refractivity (Wildman–Crippen MR) is 109 cm³/mol. The highest BCUT2D eigenvalue weighted by atomic mass is 35.5. The minimum atomic E-state index is -0.379. The molecule has 26 heavy (non-hydrogen) atoms. The number of benzene rings is 2. The van der Waals surface area contributed by atoms with Crippen LogP contribution in [0.4, 0.5) is 15.8 Å². The zero-order valence-corrected chi connectivity index (χ0v) is 16.2. The predicted octanol–water partition coefficient (Wildman–Crippen LogP) is 5.84. The number of hydrogen-bond donors (Lipinski definition) is 2. The van der Waals surface area contributed by atoms with Crippen LogP contribution in [0.1, 0.15) is 5.56 Å². The Hall–Kier alpha value is -1.86. The van der Waals surface area contributed by atoms with Crippen LogP contribution in [0, 0.1) is 5.82 Å². The molecule has 9 heteroatoms. The van der Waals surface area contributed by atoms with Crippen molar-refractivity contribution in [3.05, 3.63) is 75.2 Å². The summed E-state index contributed by atoms with van der Waals surface area (Å²) >= 11 is 23.4. The second-order valence-corrected chi connectivity index (χ2v) is 6.91. The molecule has 0 atom stereocenters. The number of nitrogens with zero attached hydrogens (tertiary/aromatic N) is 2. The molecule has 0 aliphatic heterocycles. The van der Waals surface area contributed by atoms with Gasteiger partial charge in [0.15, 0.2) is 5.11 Å². The fourth-order valence-electron chi connectivity index (χ4n) is 2.24. The lowest BCUT2D eigenvalue weighted by atomic mass is 10.2. The summed E-state index contributed by atoms with van der Waals surface area (Å²) in [6, 6.07) is 9.75. The molecule has 2 aromatic carbocycles. The number of rotatable bonds is 4. The van der Waals surface area contributed by atoms with Crippen LogP contribution in [0.15, 0.2) is 48.8 Å². The summed E-state index contributed by atoms with van der Waals surface area (Å²) in [7, 11) is 0. The highest BCUT2D eigenvalue weighted by Gasteiger charge is 2.10. The van der Waals surface area contributed by atoms with Gasteiger partial charge in [0.2, 0.25) is 0 Å². The Morgan fingerprint density at radius 1 is 1.08 bits per heavy atom. The second kappa shape index (κ2) is 8.22. The zero-order chi connectivity index (χ0) is 18.7. The van der Waals surface area contributed by atoms with Gasteiger partial charge in [-0.2, -0.15) is 5.10 Å². The van der Waals surface area contributed by atoms with Gasteiger partial charge in [0.1, 0.15) is 5.82 Å². The molecule has 0 aliphatic rings. The lowest BCUT2D eigenvalue weighted by Gasteiger charge is -2.11. The molecule has 134 valence electrons. The van der Waals surface area contributed by atoms with Gasteiger partial charge in [-0.15, -0.1) is 0 Å². The van der Waals surface area contributed by atoms with Crippen molar-refractivity contribution in [1.82, 2.24) is 9.78 Å². The zero-order valence-electron chi connectivity index (χ0n) is 13.1. The van der Waals surface area contributed by atoms with E-state index < -0.39 is 0 Å². The quantitative estimate of drug-likeness (QED) is 0.511. The van der Waals surface area contributed by atoms with Crippen molar-refractivity contribution >= 4 is 63.5 Å². The van der Waals surface area contributed by atoms with E-state index in [-0.39, 0.29) is 12.4 Å². The van der Waals surface area contributed by atoms with Gasteiger partial charge in [-0.05, 0) is 36.5 Å². The van der Waals surface area contributed by atoms with Gasteiger partial charge in [0.25, 0.3) is 0 Å². The third kappa shape index (κ3) is 4.45. The molecule has 0 spiro atoms. The third-order valence-corrected chi connectivity index (χ3v) is 4.85. The minimum Gasteiger partial charge on any atom is -0.331 e. The van der Waals surface area contributed by atoms with Crippen LogP contribution in [-0.2, 0) is 6.54 Å². The van der Waals surface area contributed by atoms with Crippen LogP contribution < -0.4 is 10.6 Å². The van der Waals surface area contributed by atoms with Crippen molar-refractivity contribution in [1.29, 1.82) is 0 Å². The van der Waals surface area contributed by atoms with E-state index in [2.05, 4.69) is 15.7 Å². The molecule has 0 amide bonds. The smallest absolute Gasteiger partial charge is 0.175 e. The first-order valence-corrected chi connectivity index (χ1v) is 8.95. The molecular formula is C17H12Cl3FN4S. The monoisotopic (exact) mass is 428 g/mol. The molecule has 0 bridgehead atoms. The van der Waals surface area contributed by atoms with Gasteiger partial charge in [-0.3, -0.25) is 4.68 Å². The van der Waals surface area contributed by atoms with E-state index in [1.807, 2.05) is 0 Å². The van der Waals surface area contributed by atoms with Crippen molar-refractivity contribution in [2.24, 2.45) is 0 Å². The van der Waals surface area contributed by atoms with Gasteiger partial charge in [-0.25, -0.2) is 4.39 Å². The number of thiocarbonyl (C=S) groups is 1. The summed E-state index contributed by atoms with van der Waals surface area (Å²) in [5, 5.41) is 11.6. The topological polar surface area (TPSA) is 41.9 Å². The first-order chi connectivity index (χ1) is 12.4. The molecule has 0 saturated heterocycles. The molecule has 3 rings (SSSR count). The summed E-state index contributed by atoms with van der Waals surface area (Å²) in [4.78, 5) is 0. The molecule has 0 radical (unpaired) electrons. The number of hydrogen-bond acceptors (Lipinski definition) is 2. The van der Waals surface area contributed by atoms with E-state index in [9.17, 15) is 4.39 Å². The Morgan fingerprint density at radius 3 is 2.58 bits per heavy atom. The van der Waals surface area contributed by atoms with E-state index in [0.717, 1.165) is 0 Å². The molecule has 0 fully saturated rings. The molecule has 0 unspecified atom stereocenters. The van der Waals surface area contributed by atoms with Crippen molar-refractivity contribution in [2.45, 2.75) is 6.54 Å². The number of halogens is 4. The van der Waals surface area contributed by atoms with Crippen molar-refractivity contribution in [3.63, 3.8) is 0 Å². The largest absolute Gasteiger partial charge is 0.331 e. The summed E-state index contributed by atoms with van der Waals surface area (Å²) in [6.07, 6.45) is 3.26. The lowest BCUT2D eigenvalue weighted by Crippen LogP contribution is -2.19. The average molecular weight is 430 g/mol. The van der Waals surface area contributed by atoms with Crippen LogP contribution in [0.3, 0.4) is 0 Å². The minimum absolute atomic E-state index is 0.202. The molecule has 0 saturated carbocycles. The van der Waals surface area contributed by atoms with E-state index >= 15 is 0 Å². The second-order valence-electron chi connectivity index (χ2n) is 5.31. The molecule has 1 heterocycles. The standard InChI is InChI=1S/C17H12Cl3FN4S/c18-12-3-1-5-14(21)11(12)9-25-8-10(7-22-25)23-17(26)24-15-6-2-4-13(19)16(15)20/h1-8H,9H2,(H2,23,24,26). The Balaban J connectivity index is 1.67. The summed E-state index contributed by atoms with van der Waals surface area (Å²) in [6.45, 7) is 0.202. The normalized spacial score (nSPS) is 10.6. The maximum atomic E-state index is 13.9. The Labute approximate surface area is 169 Å². The van der Waals surface area contributed by atoms with E-state index in [1.54, 1.807) is 47.4 Å². The number of aromatic nitrogens is 2. The highest BCUT2D eigenvalue weighted by Crippen LogP contribution is 2.29. The Bertz CT molecular complexity index is 941. The van der Waals surface area contributed by atoms with E-state index in [0.29, 0.717) is 37.1 Å². The van der Waals surface area contributed by atoms with Crippen LogP contribution in [-0.4, -0.2) is 14.9 Å². The molecule has 3 aromatic rings. The SMILES string of the molecule is Fc1cccc(Cl)c1Cn1cc(NC(=S)Nc2cccc(Cl)c2Cl)cn1. The van der Waals surface area contributed by atoms with Crippen molar-refractivity contribution in [2.75, 3.05) is 10.6 Å². The lowest BCUT2D eigenvalue weighted by molar-refractivity contribution is 0.585. The first kappa shape index (κ1) is 18.9. The maximum Gasteiger partial charge on any atom is 0.175 e. The number of anilines is 2. The average Bonchev–Trinajstić information content (AvgIpc) is 3.02. The molecule has 2 N–H and O–H groups in total. The van der Waals surface area contributed by atoms with Gasteiger partial charge >= 0.3 is 0 Å². The van der Waals surface area contributed by atoms with Gasteiger partial charge in [0, 0.05) is 16.8 Å². The Kier molecular flexibility index (Phi) is 5.98. The fraction of sp³-hybridized carbons (Fsp3) is 0.0588. The molecule has 4 nitrogen and oxygen atoms in total. The van der Waals surface area contributed by atoms with E-state index in [4.69, 9.17) is 47.0 Å². The van der Waals surface area contributed by atoms with Crippen LogP contribution in [0.2, 0.25) is 15.1 Å². The van der Waals surface area contributed by atoms with Crippen LogP contribution >= 0.6 is 47.0 Å². The summed E-state index contributed by atoms with van der Waals surface area (Å²) in [5.41, 5.74) is 1.59. The van der Waals surface area contributed by atoms with Crippen LogP contribution in [0.25, 0.3) is 0 Å². The van der Waals surface area contributed by atoms with Crippen LogP contribution in [0.5, 0.6) is 0 Å². The molecule has 1 aromatic heterocycles. The van der Waals surface area contributed by atoms with Gasteiger partial charge < -0.3 is 10.6 Å². The highest BCUT2D eigenvalue weighted by molar-refractivity contribution is 7.80. The summed E-state index contributed by atoms with van der Waals surface area (Å²) < 4.78 is 15.4. The molecule has 0 aliphatic carbocycles. The third-order valence-electron chi connectivity index (χ3n) is 3.47. The van der Waals surface area contributed by atoms with E-state index in [1.165, 1.54) is 6.07 Å². The number of nitrogens with one attached hydrogen (secondary N) is 2. The maximum absolute atomic E-state index is 13.9. The van der Waals surface area contributed by atoms with Crippen molar-refractivity contribution in [3.8, 4) is 0 Å².